The second kappa shape index (κ2) is 13.3. The Morgan fingerprint density at radius 1 is 1.06 bits per heavy atom. The second-order valence-corrected chi connectivity index (χ2v) is 18.1. The largest absolute Gasteiger partial charge is 0.458 e. The molecule has 0 amide bonds. The molecule has 2 unspecified atom stereocenters. The number of nitrogens with zero attached hydrogens (tertiary/aromatic N) is 4. The van der Waals surface area contributed by atoms with Gasteiger partial charge in [0.05, 0.1) is 35.8 Å². The van der Waals surface area contributed by atoms with Gasteiger partial charge < -0.3 is 24.1 Å². The Hall–Kier alpha value is -2.60. The lowest BCUT2D eigenvalue weighted by Crippen LogP contribution is -2.53. The molecule has 52 heavy (non-hydrogen) atoms. The number of aliphatic hydroxyl groups is 1. The first-order chi connectivity index (χ1) is 24.7. The molecule has 0 radical (unpaired) electrons. The molecule has 2 saturated carbocycles. The minimum atomic E-state index is -0.857. The van der Waals surface area contributed by atoms with Crippen LogP contribution in [0.2, 0.25) is 0 Å². The van der Waals surface area contributed by atoms with Gasteiger partial charge in [-0.1, -0.05) is 50.1 Å². The SMILES string of the molecule is CC(=O)OC1[C@@H](C)C(C)O[C@@H](n2cc(CN3C[C@@H](C)C[C@H]4O[C@]5(CC[C@@H]6C(=C5C)C[C@H]5[C@H]6CC=C6C[C@@H](O)CC[C@@]65C)[C@H](C)[C@@H]43)nn2)[C@H]1OC(C)=O. The Balaban J connectivity index is 1.03. The molecule has 7 aliphatic rings. The highest BCUT2D eigenvalue weighted by molar-refractivity contribution is 5.67. The smallest absolute Gasteiger partial charge is 0.303 e. The summed E-state index contributed by atoms with van der Waals surface area (Å²) in [6, 6.07) is 0.261. The average molecular weight is 721 g/mol. The second-order valence-electron chi connectivity index (χ2n) is 18.1. The number of ether oxygens (including phenoxy) is 4. The molecule has 1 spiro atoms. The first-order valence-corrected chi connectivity index (χ1v) is 20.1. The van der Waals surface area contributed by atoms with Gasteiger partial charge in [-0.15, -0.1) is 5.10 Å². The Kier molecular flexibility index (Phi) is 9.31. The number of aromatic nitrogens is 3. The average Bonchev–Trinajstić information content (AvgIpc) is 3.78. The number of esters is 2. The zero-order chi connectivity index (χ0) is 36.9. The van der Waals surface area contributed by atoms with E-state index in [4.69, 9.17) is 18.9 Å². The maximum atomic E-state index is 12.2. The summed E-state index contributed by atoms with van der Waals surface area (Å²) in [6.45, 7) is 17.8. The minimum absolute atomic E-state index is 0.150. The number of rotatable bonds is 5. The number of hydrogen-bond acceptors (Lipinski definition) is 10. The lowest BCUT2D eigenvalue weighted by Gasteiger charge is -2.49. The minimum Gasteiger partial charge on any atom is -0.458 e. The summed E-state index contributed by atoms with van der Waals surface area (Å²) in [5.74, 6) is 1.71. The van der Waals surface area contributed by atoms with E-state index in [9.17, 15) is 14.7 Å². The Labute approximate surface area is 308 Å². The molecule has 15 atom stereocenters. The van der Waals surface area contributed by atoms with Crippen molar-refractivity contribution in [1.82, 2.24) is 19.9 Å². The van der Waals surface area contributed by atoms with Crippen molar-refractivity contribution in [3.8, 4) is 0 Å². The molecule has 1 aromatic rings. The van der Waals surface area contributed by atoms with Gasteiger partial charge in [0.1, 0.15) is 6.10 Å². The highest BCUT2D eigenvalue weighted by Crippen LogP contribution is 2.65. The molecule has 286 valence electrons. The van der Waals surface area contributed by atoms with Gasteiger partial charge in [0.25, 0.3) is 0 Å². The van der Waals surface area contributed by atoms with Crippen LogP contribution in [0.25, 0.3) is 0 Å². The number of aliphatic hydroxyl groups excluding tert-OH is 1. The molecule has 1 aromatic heterocycles. The quantitative estimate of drug-likeness (QED) is 0.290. The van der Waals surface area contributed by atoms with Gasteiger partial charge in [0, 0.05) is 44.8 Å². The normalized spacial score (nSPS) is 45.9. The summed E-state index contributed by atoms with van der Waals surface area (Å²) in [5, 5.41) is 19.6. The van der Waals surface area contributed by atoms with Crippen molar-refractivity contribution in [2.24, 2.45) is 40.9 Å². The van der Waals surface area contributed by atoms with Crippen LogP contribution in [-0.2, 0) is 35.1 Å². The highest BCUT2D eigenvalue weighted by Gasteiger charge is 2.62. The standard InChI is InChI=1S/C41H60N4O7/c1-21-15-35-36(44(18-21)19-29-20-45(43-42-29)39-38(51-27(7)47)37(50-26(6)46)22(2)25(5)49-39)24(4)41(52-35)14-12-31-32-10-9-28-16-30(48)11-13-40(28,8)34(32)17-33(31)23(41)3/h9,20-22,24-25,30-32,34-39,48H,10-19H2,1-8H3/t21-,22-,24+,25?,30-,31-,32-,34-,35+,36-,37?,38-,39+,40-,41-/m0/s1. The van der Waals surface area contributed by atoms with Gasteiger partial charge in [0.15, 0.2) is 12.3 Å². The van der Waals surface area contributed by atoms with E-state index < -0.39 is 30.4 Å². The lowest BCUT2D eigenvalue weighted by atomic mass is 9.56. The summed E-state index contributed by atoms with van der Waals surface area (Å²) in [4.78, 5) is 26.8. The van der Waals surface area contributed by atoms with Crippen molar-refractivity contribution in [1.29, 1.82) is 0 Å². The maximum absolute atomic E-state index is 12.2. The van der Waals surface area contributed by atoms with Crippen LogP contribution < -0.4 is 0 Å². The number of piperidine rings is 1. The highest BCUT2D eigenvalue weighted by atomic mass is 16.6. The van der Waals surface area contributed by atoms with Crippen LogP contribution in [0.15, 0.2) is 29.0 Å². The molecule has 3 saturated heterocycles. The molecule has 0 bridgehead atoms. The first kappa shape index (κ1) is 36.4. The Morgan fingerprint density at radius 2 is 1.81 bits per heavy atom. The number of carbonyl (C=O) groups is 2. The van der Waals surface area contributed by atoms with Crippen molar-refractivity contribution >= 4 is 11.9 Å². The molecule has 3 aliphatic heterocycles. The van der Waals surface area contributed by atoms with Crippen LogP contribution in [-0.4, -0.2) is 85.6 Å². The van der Waals surface area contributed by atoms with Gasteiger partial charge in [-0.2, -0.15) is 0 Å². The van der Waals surface area contributed by atoms with Crippen molar-refractivity contribution in [3.05, 3.63) is 34.7 Å². The van der Waals surface area contributed by atoms with E-state index in [0.717, 1.165) is 50.8 Å². The molecule has 1 N–H and O–H groups in total. The molecular weight excluding hydrogens is 660 g/mol. The van der Waals surface area contributed by atoms with E-state index in [2.05, 4.69) is 49.0 Å². The van der Waals surface area contributed by atoms with Gasteiger partial charge in [-0.05, 0) is 99.9 Å². The zero-order valence-corrected chi connectivity index (χ0v) is 32.4. The molecular formula is C41H60N4O7. The number of hydrogen-bond donors (Lipinski definition) is 1. The van der Waals surface area contributed by atoms with Gasteiger partial charge in [-0.25, -0.2) is 4.68 Å². The molecule has 4 heterocycles. The van der Waals surface area contributed by atoms with Crippen LogP contribution >= 0.6 is 0 Å². The predicted octanol–water partition coefficient (Wildman–Crippen LogP) is 5.92. The molecule has 5 fully saturated rings. The van der Waals surface area contributed by atoms with Crippen molar-refractivity contribution in [3.63, 3.8) is 0 Å². The summed E-state index contributed by atoms with van der Waals surface area (Å²) >= 11 is 0. The fourth-order valence-corrected chi connectivity index (χ4v) is 12.4. The van der Waals surface area contributed by atoms with Gasteiger partial charge in [-0.3, -0.25) is 14.5 Å². The summed E-state index contributed by atoms with van der Waals surface area (Å²) in [7, 11) is 0. The number of fused-ring (bicyclic) bond motifs is 6. The third-order valence-corrected chi connectivity index (χ3v) is 15.1. The van der Waals surface area contributed by atoms with E-state index in [-0.39, 0.29) is 41.3 Å². The van der Waals surface area contributed by atoms with Crippen molar-refractivity contribution in [2.75, 3.05) is 6.54 Å². The van der Waals surface area contributed by atoms with E-state index in [1.165, 1.54) is 37.8 Å². The monoisotopic (exact) mass is 720 g/mol. The molecule has 11 heteroatoms. The van der Waals surface area contributed by atoms with E-state index >= 15 is 0 Å². The first-order valence-electron chi connectivity index (χ1n) is 20.1. The van der Waals surface area contributed by atoms with Crippen LogP contribution in [0, 0.1) is 40.9 Å². The topological polar surface area (TPSA) is 125 Å². The molecule has 0 aromatic carbocycles. The van der Waals surface area contributed by atoms with Gasteiger partial charge in [0.2, 0.25) is 0 Å². The summed E-state index contributed by atoms with van der Waals surface area (Å²) in [5.41, 5.74) is 5.48. The molecule has 11 nitrogen and oxygen atoms in total. The van der Waals surface area contributed by atoms with Crippen molar-refractivity contribution < 1.29 is 33.6 Å². The fourth-order valence-electron chi connectivity index (χ4n) is 12.4. The number of likely N-dealkylation sites (tertiary alicyclic amines) is 1. The lowest BCUT2D eigenvalue weighted by molar-refractivity contribution is -0.241. The van der Waals surface area contributed by atoms with Crippen molar-refractivity contribution in [2.45, 2.75) is 162 Å². The van der Waals surface area contributed by atoms with E-state index in [0.29, 0.717) is 36.1 Å². The number of allylic oxidation sites excluding steroid dienone is 2. The fraction of sp³-hybridized carbons (Fsp3) is 0.805. The third kappa shape index (κ3) is 5.82. The van der Waals surface area contributed by atoms with Gasteiger partial charge >= 0.3 is 11.9 Å². The summed E-state index contributed by atoms with van der Waals surface area (Å²) < 4.78 is 26.8. The summed E-state index contributed by atoms with van der Waals surface area (Å²) in [6.07, 6.45) is 10.3. The molecule has 4 aliphatic carbocycles. The van der Waals surface area contributed by atoms with E-state index in [1.54, 1.807) is 10.3 Å². The zero-order valence-electron chi connectivity index (χ0n) is 32.4. The van der Waals surface area contributed by atoms with Crippen LogP contribution in [0.1, 0.15) is 119 Å². The molecule has 8 rings (SSSR count). The Morgan fingerprint density at radius 3 is 2.56 bits per heavy atom. The predicted molar refractivity (Wildman–Crippen MR) is 192 cm³/mol. The number of carbonyl (C=O) groups excluding carboxylic acids is 2. The third-order valence-electron chi connectivity index (χ3n) is 15.1. The van der Waals surface area contributed by atoms with E-state index in [1.807, 2.05) is 20.0 Å². The Bertz CT molecular complexity index is 1640. The van der Waals surface area contributed by atoms with Crippen LogP contribution in [0.3, 0.4) is 0 Å². The van der Waals surface area contributed by atoms with Crippen LogP contribution in [0.4, 0.5) is 0 Å². The van der Waals surface area contributed by atoms with Crippen LogP contribution in [0.5, 0.6) is 0 Å². The maximum Gasteiger partial charge on any atom is 0.303 e.